The molecule has 43 heavy (non-hydrogen) atoms. The normalized spacial score (nSPS) is 21.0. The highest BCUT2D eigenvalue weighted by Gasteiger charge is 2.72. The third-order valence-corrected chi connectivity index (χ3v) is 9.28. The van der Waals surface area contributed by atoms with Crippen LogP contribution in [0.15, 0.2) is 91.0 Å². The van der Waals surface area contributed by atoms with Crippen molar-refractivity contribution in [2.24, 2.45) is 5.41 Å². The lowest BCUT2D eigenvalue weighted by atomic mass is 9.64. The van der Waals surface area contributed by atoms with Crippen LogP contribution in [0.4, 0.5) is 10.1 Å². The molecule has 2 aliphatic heterocycles. The summed E-state index contributed by atoms with van der Waals surface area (Å²) in [6.07, 6.45) is 3.46. The Bertz CT molecular complexity index is 1850. The van der Waals surface area contributed by atoms with Crippen molar-refractivity contribution >= 4 is 40.7 Å². The topological polar surface area (TPSA) is 72.9 Å². The summed E-state index contributed by atoms with van der Waals surface area (Å²) in [5.74, 6) is -1.73. The van der Waals surface area contributed by atoms with Crippen molar-refractivity contribution in [1.82, 2.24) is 0 Å². The van der Waals surface area contributed by atoms with Crippen LogP contribution in [0.3, 0.4) is 0 Å². The summed E-state index contributed by atoms with van der Waals surface area (Å²) in [7, 11) is 3.01. The average Bonchev–Trinajstić information content (AvgIpc) is 3.46. The molecule has 3 aliphatic rings. The molecule has 1 fully saturated rings. The van der Waals surface area contributed by atoms with Gasteiger partial charge in [0.1, 0.15) is 28.8 Å². The largest absolute Gasteiger partial charge is 0.497 e. The monoisotopic (exact) mass is 593 g/mol. The second-order valence-corrected chi connectivity index (χ2v) is 11.3. The van der Waals surface area contributed by atoms with E-state index < -0.39 is 29.2 Å². The minimum atomic E-state index is -1.74. The van der Waals surface area contributed by atoms with Crippen molar-refractivity contribution in [3.05, 3.63) is 130 Å². The first-order chi connectivity index (χ1) is 20.8. The van der Waals surface area contributed by atoms with Crippen molar-refractivity contribution in [2.75, 3.05) is 19.1 Å². The number of methoxy groups -OCH3 is 2. The van der Waals surface area contributed by atoms with Crippen molar-refractivity contribution in [1.29, 1.82) is 0 Å². The van der Waals surface area contributed by atoms with Crippen LogP contribution in [0, 0.1) is 11.2 Å². The minimum Gasteiger partial charge on any atom is -0.497 e. The van der Waals surface area contributed by atoms with Gasteiger partial charge in [0.25, 0.3) is 0 Å². The fourth-order valence-corrected chi connectivity index (χ4v) is 7.42. The van der Waals surface area contributed by atoms with Crippen LogP contribution in [0.5, 0.6) is 11.5 Å². The lowest BCUT2D eigenvalue weighted by Crippen LogP contribution is -2.48. The number of anilines is 1. The molecule has 7 rings (SSSR count). The van der Waals surface area contributed by atoms with Crippen LogP contribution in [-0.4, -0.2) is 43.7 Å². The highest BCUT2D eigenvalue weighted by molar-refractivity contribution is 6.35. The predicted molar refractivity (Wildman–Crippen MR) is 161 cm³/mol. The number of hydrogen-bond donors (Lipinski definition) is 0. The van der Waals surface area contributed by atoms with E-state index in [0.29, 0.717) is 39.4 Å². The molecule has 214 valence electrons. The molecule has 8 heteroatoms. The number of benzene rings is 4. The van der Waals surface area contributed by atoms with Crippen LogP contribution in [0.1, 0.15) is 48.1 Å². The first kappa shape index (κ1) is 27.1. The summed E-state index contributed by atoms with van der Waals surface area (Å²) in [4.78, 5) is 46.2. The maximum absolute atomic E-state index is 14.8. The Morgan fingerprint density at radius 2 is 1.58 bits per heavy atom. The average molecular weight is 594 g/mol. The standard InChI is InChI=1S/C35H25ClFNO5/c1-42-21-13-14-25(28(18-21)43-2)30-31(32(39)24-9-5-6-10-26(24)36)38-27-15-12-20(37)17-19(27)11-16-29(38)35(30)33(40)22-7-3-4-8-23(22)34(35)41/h3-18,29-31H,1-2H3/t29-,30+,31+/m1/s1. The molecule has 0 N–H and O–H groups in total. The van der Waals surface area contributed by atoms with E-state index in [-0.39, 0.29) is 27.9 Å². The third kappa shape index (κ3) is 3.67. The molecule has 0 radical (unpaired) electrons. The molecular formula is C35H25ClFNO5. The van der Waals surface area contributed by atoms with E-state index in [1.54, 1.807) is 89.8 Å². The maximum atomic E-state index is 14.8. The minimum absolute atomic E-state index is 0.240. The molecule has 0 bridgehead atoms. The maximum Gasteiger partial charge on any atom is 0.187 e. The Hall–Kier alpha value is -4.75. The van der Waals surface area contributed by atoms with Crippen molar-refractivity contribution < 1.29 is 28.2 Å². The molecule has 1 spiro atoms. The van der Waals surface area contributed by atoms with Crippen molar-refractivity contribution in [2.45, 2.75) is 18.0 Å². The van der Waals surface area contributed by atoms with Gasteiger partial charge in [0.05, 0.1) is 25.3 Å². The molecule has 0 amide bonds. The third-order valence-electron chi connectivity index (χ3n) is 8.95. The number of nitrogens with zero attached hydrogens (tertiary/aromatic N) is 1. The SMILES string of the molecule is COc1ccc([C@H]2[C@@H](C(=O)c3ccccc3Cl)N3c4ccc(F)cc4C=C[C@@H]3C23C(=O)c2ccccc2C3=O)c(OC)c1. The number of rotatable bonds is 5. The zero-order valence-corrected chi connectivity index (χ0v) is 24.0. The van der Waals surface area contributed by atoms with Gasteiger partial charge < -0.3 is 14.4 Å². The Morgan fingerprint density at radius 1 is 0.884 bits per heavy atom. The fraction of sp³-hybridized carbons (Fsp3) is 0.171. The number of ether oxygens (including phenoxy) is 2. The fourth-order valence-electron chi connectivity index (χ4n) is 7.19. The van der Waals surface area contributed by atoms with Gasteiger partial charge in [-0.1, -0.05) is 66.2 Å². The van der Waals surface area contributed by atoms with Crippen LogP contribution >= 0.6 is 11.6 Å². The molecule has 0 unspecified atom stereocenters. The van der Waals surface area contributed by atoms with Crippen molar-refractivity contribution in [3.8, 4) is 11.5 Å². The Morgan fingerprint density at radius 3 is 2.26 bits per heavy atom. The molecule has 6 nitrogen and oxygen atoms in total. The molecule has 4 aromatic carbocycles. The van der Waals surface area contributed by atoms with Gasteiger partial charge in [0.15, 0.2) is 17.3 Å². The predicted octanol–water partition coefficient (Wildman–Crippen LogP) is 6.81. The number of Topliss-reactive ketones (excluding diaryl/α,β-unsaturated/α-hetero) is 3. The van der Waals surface area contributed by atoms with Gasteiger partial charge in [-0.25, -0.2) is 4.39 Å². The Kier molecular flexibility index (Phi) is 6.25. The van der Waals surface area contributed by atoms with Gasteiger partial charge in [0, 0.05) is 45.5 Å². The quantitative estimate of drug-likeness (QED) is 0.187. The summed E-state index contributed by atoms with van der Waals surface area (Å²) in [5.41, 5.74) is 0.663. The number of carbonyl (C=O) groups is 3. The second-order valence-electron chi connectivity index (χ2n) is 10.9. The van der Waals surface area contributed by atoms with Crippen LogP contribution in [0.25, 0.3) is 6.08 Å². The zero-order chi connectivity index (χ0) is 30.0. The van der Waals surface area contributed by atoms with E-state index in [4.69, 9.17) is 21.1 Å². The van der Waals surface area contributed by atoms with E-state index in [9.17, 15) is 18.8 Å². The first-order valence-corrected chi connectivity index (χ1v) is 14.2. The zero-order valence-electron chi connectivity index (χ0n) is 23.2. The van der Waals surface area contributed by atoms with Gasteiger partial charge in [0.2, 0.25) is 0 Å². The number of ketones is 3. The van der Waals surface area contributed by atoms with E-state index in [1.807, 2.05) is 0 Å². The summed E-state index contributed by atoms with van der Waals surface area (Å²) in [5, 5.41) is 0.240. The highest BCUT2D eigenvalue weighted by atomic mass is 35.5. The summed E-state index contributed by atoms with van der Waals surface area (Å²) in [6.45, 7) is 0. The molecular weight excluding hydrogens is 569 g/mol. The van der Waals surface area contributed by atoms with E-state index >= 15 is 0 Å². The highest BCUT2D eigenvalue weighted by Crippen LogP contribution is 2.62. The molecule has 1 saturated heterocycles. The first-order valence-electron chi connectivity index (χ1n) is 13.8. The smallest absolute Gasteiger partial charge is 0.187 e. The number of hydrogen-bond acceptors (Lipinski definition) is 6. The Labute approximate surface area is 252 Å². The summed E-state index contributed by atoms with van der Waals surface area (Å²) >= 11 is 6.59. The van der Waals surface area contributed by atoms with Gasteiger partial charge >= 0.3 is 0 Å². The number of fused-ring (bicyclic) bond motifs is 5. The molecule has 2 heterocycles. The van der Waals surface area contributed by atoms with Crippen LogP contribution < -0.4 is 14.4 Å². The van der Waals surface area contributed by atoms with Crippen LogP contribution in [0.2, 0.25) is 5.02 Å². The van der Waals surface area contributed by atoms with Gasteiger partial charge in [-0.05, 0) is 36.4 Å². The van der Waals surface area contributed by atoms with Crippen LogP contribution in [-0.2, 0) is 0 Å². The van der Waals surface area contributed by atoms with Gasteiger partial charge in [-0.15, -0.1) is 0 Å². The van der Waals surface area contributed by atoms with E-state index in [1.165, 1.54) is 26.4 Å². The molecule has 3 atom stereocenters. The van der Waals surface area contributed by atoms with Gasteiger partial charge in [-0.2, -0.15) is 0 Å². The molecule has 0 aromatic heterocycles. The van der Waals surface area contributed by atoms with Crippen molar-refractivity contribution in [3.63, 3.8) is 0 Å². The molecule has 0 saturated carbocycles. The lowest BCUT2D eigenvalue weighted by Gasteiger charge is -2.37. The summed E-state index contributed by atoms with van der Waals surface area (Å²) in [6, 6.07) is 20.9. The van der Waals surface area contributed by atoms with Gasteiger partial charge in [-0.3, -0.25) is 14.4 Å². The molecule has 4 aromatic rings. The second kappa shape index (κ2) is 9.92. The van der Waals surface area contributed by atoms with E-state index in [0.717, 1.165) is 0 Å². The van der Waals surface area contributed by atoms with E-state index in [2.05, 4.69) is 0 Å². The lowest BCUT2D eigenvalue weighted by molar-refractivity contribution is 0.0665. The Balaban J connectivity index is 1.58. The molecule has 1 aliphatic carbocycles. The summed E-state index contributed by atoms with van der Waals surface area (Å²) < 4.78 is 25.7. The number of carbonyl (C=O) groups excluding carboxylic acids is 3. The number of halogens is 2.